The van der Waals surface area contributed by atoms with Gasteiger partial charge >= 0.3 is 0 Å². The van der Waals surface area contributed by atoms with Crippen LogP contribution in [-0.2, 0) is 19.0 Å². The van der Waals surface area contributed by atoms with E-state index in [9.17, 15) is 4.79 Å². The molecule has 0 bridgehead atoms. The summed E-state index contributed by atoms with van der Waals surface area (Å²) in [6.45, 7) is 7.57. The summed E-state index contributed by atoms with van der Waals surface area (Å²) in [7, 11) is 1.66. The van der Waals surface area contributed by atoms with Crippen LogP contribution in [0, 0.1) is 0 Å². The van der Waals surface area contributed by atoms with Crippen LogP contribution in [0.1, 0.15) is 232 Å². The zero-order valence-electron chi connectivity index (χ0n) is 33.8. The van der Waals surface area contributed by atoms with E-state index in [1.54, 1.807) is 7.11 Å². The van der Waals surface area contributed by atoms with Crippen LogP contribution in [0.3, 0.4) is 0 Å². The van der Waals surface area contributed by atoms with Gasteiger partial charge in [-0.1, -0.05) is 213 Å². The van der Waals surface area contributed by atoms with Crippen molar-refractivity contribution >= 4 is 5.91 Å². The predicted molar refractivity (Wildman–Crippen MR) is 214 cm³/mol. The van der Waals surface area contributed by atoms with Gasteiger partial charge < -0.3 is 19.5 Å². The number of rotatable bonds is 43. The average molecular weight is 696 g/mol. The van der Waals surface area contributed by atoms with E-state index in [2.05, 4.69) is 19.2 Å². The first-order valence-corrected chi connectivity index (χ1v) is 22.2. The van der Waals surface area contributed by atoms with E-state index in [0.29, 0.717) is 32.8 Å². The molecule has 1 atom stereocenters. The summed E-state index contributed by atoms with van der Waals surface area (Å²) < 4.78 is 16.8. The Morgan fingerprint density at radius 1 is 0.449 bits per heavy atom. The van der Waals surface area contributed by atoms with Gasteiger partial charge in [0.15, 0.2) is 0 Å². The van der Waals surface area contributed by atoms with E-state index in [-0.39, 0.29) is 12.0 Å². The highest BCUT2D eigenvalue weighted by Crippen LogP contribution is 2.16. The molecule has 5 nitrogen and oxygen atoms in total. The Hall–Kier alpha value is -0.650. The lowest BCUT2D eigenvalue weighted by Gasteiger charge is -2.19. The molecule has 0 aliphatic carbocycles. The molecule has 0 aromatic heterocycles. The summed E-state index contributed by atoms with van der Waals surface area (Å²) in [5.74, 6) is 0.0559. The smallest absolute Gasteiger partial charge is 0.222 e. The minimum absolute atomic E-state index is 0.0559. The lowest BCUT2D eigenvalue weighted by Crippen LogP contribution is -2.34. The molecule has 0 saturated carbocycles. The van der Waals surface area contributed by atoms with Gasteiger partial charge in [-0.15, -0.1) is 0 Å². The largest absolute Gasteiger partial charge is 0.382 e. The number of hydrogen-bond donors (Lipinski definition) is 1. The molecule has 1 N–H and O–H groups in total. The van der Waals surface area contributed by atoms with Crippen LogP contribution < -0.4 is 5.32 Å². The van der Waals surface area contributed by atoms with E-state index in [0.717, 1.165) is 19.4 Å². The zero-order chi connectivity index (χ0) is 35.6. The van der Waals surface area contributed by atoms with Crippen molar-refractivity contribution in [2.45, 2.75) is 238 Å². The maximum absolute atomic E-state index is 12.4. The maximum atomic E-state index is 12.4. The van der Waals surface area contributed by atoms with Crippen molar-refractivity contribution in [1.29, 1.82) is 0 Å². The topological polar surface area (TPSA) is 56.8 Å². The highest BCUT2D eigenvalue weighted by molar-refractivity contribution is 5.75. The first kappa shape index (κ1) is 48.3. The Morgan fingerprint density at radius 2 is 0.816 bits per heavy atom. The Kier molecular flexibility index (Phi) is 42.9. The standard InChI is InChI=1S/C44H89NO4/c1-4-6-8-10-12-14-16-18-20-22-24-26-28-30-32-34-36-43(42-45-44(46)37-39-48-41-40-47-3)49-38-35-33-31-29-27-25-23-21-19-17-15-13-11-9-7-5-2/h43H,4-42H2,1-3H3,(H,45,46). The number of carbonyl (C=O) groups excluding carboxylic acids is 1. The molecule has 0 fully saturated rings. The minimum atomic E-state index is 0.0559. The lowest BCUT2D eigenvalue weighted by atomic mass is 10.0. The van der Waals surface area contributed by atoms with Crippen LogP contribution in [0.15, 0.2) is 0 Å². The van der Waals surface area contributed by atoms with Crippen molar-refractivity contribution in [1.82, 2.24) is 5.32 Å². The molecule has 0 radical (unpaired) electrons. The summed E-state index contributed by atoms with van der Waals surface area (Å²) >= 11 is 0. The minimum Gasteiger partial charge on any atom is -0.382 e. The van der Waals surface area contributed by atoms with Crippen molar-refractivity contribution in [3.05, 3.63) is 0 Å². The van der Waals surface area contributed by atoms with Crippen molar-refractivity contribution < 1.29 is 19.0 Å². The summed E-state index contributed by atoms with van der Waals surface area (Å²) in [4.78, 5) is 12.4. The number of hydrogen-bond acceptors (Lipinski definition) is 4. The fraction of sp³-hybridized carbons (Fsp3) is 0.977. The summed E-state index contributed by atoms with van der Waals surface area (Å²) in [5, 5.41) is 3.11. The number of unbranched alkanes of at least 4 members (excludes halogenated alkanes) is 30. The Morgan fingerprint density at radius 3 is 1.20 bits per heavy atom. The van der Waals surface area contributed by atoms with Crippen LogP contribution in [-0.4, -0.2) is 52.1 Å². The second kappa shape index (κ2) is 43.5. The quantitative estimate of drug-likeness (QED) is 0.0645. The van der Waals surface area contributed by atoms with Crippen LogP contribution in [0.4, 0.5) is 0 Å². The van der Waals surface area contributed by atoms with E-state index < -0.39 is 0 Å². The number of carbonyl (C=O) groups is 1. The molecule has 5 heteroatoms. The van der Waals surface area contributed by atoms with E-state index in [4.69, 9.17) is 14.2 Å². The van der Waals surface area contributed by atoms with Crippen LogP contribution in [0.2, 0.25) is 0 Å². The highest BCUT2D eigenvalue weighted by atomic mass is 16.5. The van der Waals surface area contributed by atoms with Crippen LogP contribution in [0.5, 0.6) is 0 Å². The highest BCUT2D eigenvalue weighted by Gasteiger charge is 2.11. The number of methoxy groups -OCH3 is 1. The van der Waals surface area contributed by atoms with E-state index >= 15 is 0 Å². The van der Waals surface area contributed by atoms with Gasteiger partial charge in [0.25, 0.3) is 0 Å². The fourth-order valence-electron chi connectivity index (χ4n) is 6.79. The van der Waals surface area contributed by atoms with Gasteiger partial charge in [-0.3, -0.25) is 4.79 Å². The Labute approximate surface area is 307 Å². The Bertz CT molecular complexity index is 616. The summed E-state index contributed by atoms with van der Waals surface area (Å²) in [5.41, 5.74) is 0. The van der Waals surface area contributed by atoms with Gasteiger partial charge in [-0.05, 0) is 12.8 Å². The maximum Gasteiger partial charge on any atom is 0.222 e. The van der Waals surface area contributed by atoms with Gasteiger partial charge in [-0.25, -0.2) is 0 Å². The van der Waals surface area contributed by atoms with Gasteiger partial charge in [0.05, 0.1) is 25.9 Å². The third kappa shape index (κ3) is 41.7. The van der Waals surface area contributed by atoms with Gasteiger partial charge in [0.1, 0.15) is 0 Å². The molecule has 0 heterocycles. The summed E-state index contributed by atoms with van der Waals surface area (Å²) in [6.07, 6.45) is 45.9. The first-order chi connectivity index (χ1) is 24.2. The molecule has 1 amide bonds. The molecule has 0 saturated heterocycles. The van der Waals surface area contributed by atoms with Crippen molar-refractivity contribution in [2.75, 3.05) is 40.1 Å². The molecule has 0 aliphatic rings. The second-order valence-corrected chi connectivity index (χ2v) is 15.0. The van der Waals surface area contributed by atoms with E-state index in [1.807, 2.05) is 0 Å². The summed E-state index contributed by atoms with van der Waals surface area (Å²) in [6, 6.07) is 0. The third-order valence-corrected chi connectivity index (χ3v) is 10.2. The average Bonchev–Trinajstić information content (AvgIpc) is 3.11. The SMILES string of the molecule is CCCCCCCCCCCCCCCCCCOC(CCCCCCCCCCCCCCCCCC)CNC(=O)CCOCCOC. The van der Waals surface area contributed by atoms with E-state index in [1.165, 1.54) is 199 Å². The van der Waals surface area contributed by atoms with Crippen molar-refractivity contribution in [2.24, 2.45) is 0 Å². The van der Waals surface area contributed by atoms with Gasteiger partial charge in [0.2, 0.25) is 5.91 Å². The molecule has 49 heavy (non-hydrogen) atoms. The number of amides is 1. The molecule has 0 aliphatic heterocycles. The van der Waals surface area contributed by atoms with Gasteiger partial charge in [0, 0.05) is 26.7 Å². The molecule has 1 unspecified atom stereocenters. The first-order valence-electron chi connectivity index (χ1n) is 22.2. The molecular formula is C44H89NO4. The second-order valence-electron chi connectivity index (χ2n) is 15.0. The molecule has 0 aromatic rings. The molecule has 0 rings (SSSR count). The fourth-order valence-corrected chi connectivity index (χ4v) is 6.79. The van der Waals surface area contributed by atoms with Crippen molar-refractivity contribution in [3.8, 4) is 0 Å². The number of nitrogens with one attached hydrogen (secondary N) is 1. The predicted octanol–water partition coefficient (Wildman–Crippen LogP) is 13.5. The molecule has 294 valence electrons. The number of ether oxygens (including phenoxy) is 3. The zero-order valence-corrected chi connectivity index (χ0v) is 33.8. The molecular weight excluding hydrogens is 606 g/mol. The lowest BCUT2D eigenvalue weighted by molar-refractivity contribution is -0.123. The normalized spacial score (nSPS) is 12.1. The van der Waals surface area contributed by atoms with Crippen LogP contribution in [0.25, 0.3) is 0 Å². The van der Waals surface area contributed by atoms with Crippen LogP contribution >= 0.6 is 0 Å². The molecule has 0 spiro atoms. The van der Waals surface area contributed by atoms with Crippen molar-refractivity contribution in [3.63, 3.8) is 0 Å². The molecule has 0 aromatic carbocycles. The Balaban J connectivity index is 3.91. The monoisotopic (exact) mass is 696 g/mol. The third-order valence-electron chi connectivity index (χ3n) is 10.2. The van der Waals surface area contributed by atoms with Gasteiger partial charge in [-0.2, -0.15) is 0 Å².